The van der Waals surface area contributed by atoms with Crippen LogP contribution in [0, 0.1) is 0 Å². The molecule has 0 aliphatic heterocycles. The number of nitrogens with two attached hydrogens (primary N) is 1. The van der Waals surface area contributed by atoms with Crippen molar-refractivity contribution in [3.05, 3.63) is 72.9 Å². The van der Waals surface area contributed by atoms with Crippen LogP contribution < -0.4 is 10.5 Å². The largest absolute Gasteiger partial charge is 0.463 e. The van der Waals surface area contributed by atoms with Gasteiger partial charge in [-0.3, -0.25) is 4.72 Å². The zero-order valence-electron chi connectivity index (χ0n) is 16.0. The minimum Gasteiger partial charge on any atom is -0.463 e. The molecule has 5 aromatic rings. The molecule has 11 heteroatoms. The average molecular weight is 436 g/mol. The summed E-state index contributed by atoms with van der Waals surface area (Å²) < 4.78 is 40.0. The predicted octanol–water partition coefficient (Wildman–Crippen LogP) is 3.11. The van der Waals surface area contributed by atoms with Crippen LogP contribution in [0.1, 0.15) is 5.56 Å². The van der Waals surface area contributed by atoms with Gasteiger partial charge in [0.1, 0.15) is 11.2 Å². The molecule has 0 spiro atoms. The summed E-state index contributed by atoms with van der Waals surface area (Å²) in [5.74, 6) is 0.600. The molecule has 0 atom stereocenters. The summed E-state index contributed by atoms with van der Waals surface area (Å²) in [6, 6.07) is 13.4. The number of rotatable bonds is 6. The Morgan fingerprint density at radius 3 is 2.58 bits per heavy atom. The van der Waals surface area contributed by atoms with Gasteiger partial charge in [-0.05, 0) is 35.9 Å². The Bertz CT molecular complexity index is 1460. The van der Waals surface area contributed by atoms with Gasteiger partial charge in [-0.25, -0.2) is 9.97 Å². The van der Waals surface area contributed by atoms with E-state index in [9.17, 15) is 8.42 Å². The Morgan fingerprint density at radius 1 is 1.00 bits per heavy atom. The number of para-hydroxylation sites is 1. The zero-order valence-corrected chi connectivity index (χ0v) is 16.8. The van der Waals surface area contributed by atoms with E-state index in [-0.39, 0.29) is 11.0 Å². The number of hydrogen-bond donors (Lipinski definition) is 2. The molecule has 156 valence electrons. The van der Waals surface area contributed by atoms with Gasteiger partial charge in [0, 0.05) is 0 Å². The molecule has 1 aromatic carbocycles. The van der Waals surface area contributed by atoms with Crippen molar-refractivity contribution in [3.8, 4) is 11.5 Å². The highest BCUT2D eigenvalue weighted by molar-refractivity contribution is 7.92. The molecule has 0 aliphatic carbocycles. The molecular formula is C20H16N6O4S. The average Bonchev–Trinajstić information content (AvgIpc) is 3.51. The van der Waals surface area contributed by atoms with Crippen molar-refractivity contribution < 1.29 is 17.3 Å². The van der Waals surface area contributed by atoms with Gasteiger partial charge in [0.05, 0.1) is 31.1 Å². The number of fused-ring (bicyclic) bond motifs is 1. The molecule has 4 heterocycles. The summed E-state index contributed by atoms with van der Waals surface area (Å²) in [7, 11) is -3.86. The van der Waals surface area contributed by atoms with Crippen LogP contribution in [0.5, 0.6) is 0 Å². The molecule has 3 N–H and O–H groups in total. The third kappa shape index (κ3) is 3.51. The molecule has 0 radical (unpaired) electrons. The second-order valence-corrected chi connectivity index (χ2v) is 8.26. The first-order valence-corrected chi connectivity index (χ1v) is 10.7. The summed E-state index contributed by atoms with van der Waals surface area (Å²) in [6.07, 6.45) is 4.44. The molecule has 0 saturated carbocycles. The van der Waals surface area contributed by atoms with Crippen molar-refractivity contribution in [2.24, 2.45) is 0 Å². The summed E-state index contributed by atoms with van der Waals surface area (Å²) in [5.41, 5.74) is 8.54. The van der Waals surface area contributed by atoms with E-state index in [1.807, 2.05) is 12.1 Å². The number of furan rings is 2. The number of sulfonamides is 1. The van der Waals surface area contributed by atoms with Crippen LogP contribution in [0.3, 0.4) is 0 Å². The second-order valence-electron chi connectivity index (χ2n) is 6.65. The predicted molar refractivity (Wildman–Crippen MR) is 112 cm³/mol. The van der Waals surface area contributed by atoms with Crippen LogP contribution in [0.4, 0.5) is 11.6 Å². The maximum absolute atomic E-state index is 12.6. The van der Waals surface area contributed by atoms with Crippen LogP contribution in [0.15, 0.2) is 81.3 Å². The lowest BCUT2D eigenvalue weighted by molar-refractivity contribution is 0.452. The molecular weight excluding hydrogens is 420 g/mol. The van der Waals surface area contributed by atoms with Gasteiger partial charge < -0.3 is 19.1 Å². The molecule has 31 heavy (non-hydrogen) atoms. The van der Waals surface area contributed by atoms with Gasteiger partial charge in [-0.2, -0.15) is 13.4 Å². The first-order valence-electron chi connectivity index (χ1n) is 9.18. The van der Waals surface area contributed by atoms with Crippen molar-refractivity contribution in [2.75, 3.05) is 10.5 Å². The van der Waals surface area contributed by atoms with E-state index >= 15 is 0 Å². The van der Waals surface area contributed by atoms with Gasteiger partial charge in [0.15, 0.2) is 11.4 Å². The minimum atomic E-state index is -3.86. The quantitative estimate of drug-likeness (QED) is 0.413. The number of benzene rings is 1. The third-order valence-corrected chi connectivity index (χ3v) is 5.85. The van der Waals surface area contributed by atoms with Crippen LogP contribution in [-0.2, 0) is 16.6 Å². The summed E-state index contributed by atoms with van der Waals surface area (Å²) in [4.78, 5) is 13.0. The smallest absolute Gasteiger partial charge is 0.295 e. The first kappa shape index (κ1) is 18.9. The first-order chi connectivity index (χ1) is 15.0. The fourth-order valence-electron chi connectivity index (χ4n) is 3.21. The van der Waals surface area contributed by atoms with Crippen LogP contribution >= 0.6 is 0 Å². The minimum absolute atomic E-state index is 0.0763. The lowest BCUT2D eigenvalue weighted by atomic mass is 10.2. The second kappa shape index (κ2) is 7.29. The van der Waals surface area contributed by atoms with Crippen molar-refractivity contribution in [1.29, 1.82) is 0 Å². The number of hydrogen-bond acceptors (Lipinski definition) is 8. The highest BCUT2D eigenvalue weighted by Gasteiger charge is 2.20. The van der Waals surface area contributed by atoms with E-state index in [1.54, 1.807) is 35.2 Å². The van der Waals surface area contributed by atoms with Crippen molar-refractivity contribution in [1.82, 2.24) is 19.5 Å². The van der Waals surface area contributed by atoms with Crippen LogP contribution in [0.25, 0.3) is 22.6 Å². The topological polar surface area (TPSA) is 142 Å². The Balaban J connectivity index is 1.53. The lowest BCUT2D eigenvalue weighted by Gasteiger charge is -2.12. The molecule has 4 aromatic heterocycles. The number of nitrogens with one attached hydrogen (secondary N) is 1. The number of aromatic nitrogens is 4. The van der Waals surface area contributed by atoms with E-state index < -0.39 is 10.0 Å². The summed E-state index contributed by atoms with van der Waals surface area (Å²) in [6.45, 7) is 0.293. The van der Waals surface area contributed by atoms with E-state index in [0.29, 0.717) is 40.4 Å². The summed E-state index contributed by atoms with van der Waals surface area (Å²) >= 11 is 0. The summed E-state index contributed by atoms with van der Waals surface area (Å²) in [5, 5.41) is -0.168. The van der Waals surface area contributed by atoms with Crippen molar-refractivity contribution >= 4 is 32.8 Å². The van der Waals surface area contributed by atoms with E-state index in [1.165, 1.54) is 24.7 Å². The normalized spacial score (nSPS) is 11.7. The molecule has 0 fully saturated rings. The Hall–Kier alpha value is -4.12. The molecule has 10 nitrogen and oxygen atoms in total. The highest BCUT2D eigenvalue weighted by Crippen LogP contribution is 2.27. The fraction of sp³-hybridized carbons (Fsp3) is 0.0500. The number of nitrogen functional groups attached to an aromatic ring is 1. The van der Waals surface area contributed by atoms with Gasteiger partial charge in [0.25, 0.3) is 10.0 Å². The van der Waals surface area contributed by atoms with E-state index in [0.717, 1.165) is 0 Å². The van der Waals surface area contributed by atoms with Crippen molar-refractivity contribution in [2.45, 2.75) is 11.6 Å². The van der Waals surface area contributed by atoms with E-state index in [4.69, 9.17) is 14.6 Å². The van der Waals surface area contributed by atoms with Crippen molar-refractivity contribution in [3.63, 3.8) is 0 Å². The van der Waals surface area contributed by atoms with E-state index in [2.05, 4.69) is 19.7 Å². The molecule has 0 amide bonds. The molecule has 0 saturated heterocycles. The fourth-order valence-corrected chi connectivity index (χ4v) is 4.24. The SMILES string of the molecule is Nc1nc(-c2ccco2)c2ncn(Cc3ccccc3NS(=O)(=O)c3ccco3)c2n1. The molecule has 0 unspecified atom stereocenters. The number of anilines is 2. The molecule has 0 bridgehead atoms. The van der Waals surface area contributed by atoms with Crippen LogP contribution in [-0.4, -0.2) is 27.9 Å². The zero-order chi connectivity index (χ0) is 21.4. The lowest BCUT2D eigenvalue weighted by Crippen LogP contribution is -2.14. The Morgan fingerprint density at radius 2 is 1.81 bits per heavy atom. The molecule has 0 aliphatic rings. The van der Waals surface area contributed by atoms with Gasteiger partial charge >= 0.3 is 0 Å². The van der Waals surface area contributed by atoms with Crippen LogP contribution in [0.2, 0.25) is 0 Å². The molecule has 5 rings (SSSR count). The third-order valence-electron chi connectivity index (χ3n) is 4.60. The maximum Gasteiger partial charge on any atom is 0.295 e. The highest BCUT2D eigenvalue weighted by atomic mass is 32.2. The number of nitrogens with zero attached hydrogens (tertiary/aromatic N) is 4. The Labute approximate surface area is 176 Å². The van der Waals surface area contributed by atoms with Gasteiger partial charge in [-0.15, -0.1) is 0 Å². The Kier molecular flexibility index (Phi) is 4.44. The maximum atomic E-state index is 12.6. The van der Waals surface area contributed by atoms with Gasteiger partial charge in [0.2, 0.25) is 11.0 Å². The van der Waals surface area contributed by atoms with Gasteiger partial charge in [-0.1, -0.05) is 18.2 Å². The standard InChI is InChI=1S/C20H16N6O4S/c21-20-23-17(15-7-3-9-29-15)18-19(24-20)26(12-22-18)11-13-5-1-2-6-14(13)25-31(27,28)16-8-4-10-30-16/h1-10,12,25H,11H2,(H2,21,23,24). The monoisotopic (exact) mass is 436 g/mol. The number of imidazole rings is 1.